The van der Waals surface area contributed by atoms with Gasteiger partial charge in [-0.15, -0.1) is 11.3 Å². The molecule has 0 unspecified atom stereocenters. The zero-order valence-corrected chi connectivity index (χ0v) is 9.21. The van der Waals surface area contributed by atoms with E-state index in [0.717, 1.165) is 12.8 Å². The average Bonchev–Trinajstić information content (AvgIpc) is 2.65. The van der Waals surface area contributed by atoms with Crippen LogP contribution in [0.2, 0.25) is 0 Å². The third kappa shape index (κ3) is 3.67. The number of thiazole rings is 1. The standard InChI is InChI=1S/C9H12N3O2S/c1-2-3-4-14-12-7(5-13)8-6-15-9(10)11-8/h6H,2-4H2,1H3,(H2,10,11)/b12-7+. The summed E-state index contributed by atoms with van der Waals surface area (Å²) in [5.74, 6) is 0. The summed E-state index contributed by atoms with van der Waals surface area (Å²) >= 11 is 1.24. The van der Waals surface area contributed by atoms with Gasteiger partial charge in [0.05, 0.1) is 0 Å². The minimum absolute atomic E-state index is 0.0547. The third-order valence-electron chi connectivity index (χ3n) is 1.61. The number of rotatable bonds is 6. The highest BCUT2D eigenvalue weighted by atomic mass is 32.1. The first kappa shape index (κ1) is 11.6. The van der Waals surface area contributed by atoms with E-state index in [1.54, 1.807) is 11.7 Å². The Hall–Kier alpha value is -1.43. The van der Waals surface area contributed by atoms with Gasteiger partial charge in [0.25, 0.3) is 6.29 Å². The maximum absolute atomic E-state index is 10.6. The normalized spacial score (nSPS) is 11.4. The van der Waals surface area contributed by atoms with Crippen LogP contribution in [0.15, 0.2) is 10.5 Å². The van der Waals surface area contributed by atoms with Crippen LogP contribution in [0, 0.1) is 0 Å². The van der Waals surface area contributed by atoms with Crippen molar-refractivity contribution in [3.8, 4) is 0 Å². The lowest BCUT2D eigenvalue weighted by atomic mass is 10.3. The molecule has 0 atom stereocenters. The molecule has 0 aromatic carbocycles. The molecule has 1 aromatic rings. The number of aromatic nitrogens is 1. The molecule has 6 heteroatoms. The van der Waals surface area contributed by atoms with Gasteiger partial charge in [-0.3, -0.25) is 4.79 Å². The largest absolute Gasteiger partial charge is 0.395 e. The van der Waals surface area contributed by atoms with E-state index < -0.39 is 0 Å². The molecule has 0 saturated heterocycles. The van der Waals surface area contributed by atoms with E-state index in [-0.39, 0.29) is 5.71 Å². The van der Waals surface area contributed by atoms with E-state index in [0.29, 0.717) is 17.4 Å². The van der Waals surface area contributed by atoms with Gasteiger partial charge in [-0.25, -0.2) is 4.98 Å². The fraction of sp³-hybridized carbons (Fsp3) is 0.444. The molecule has 15 heavy (non-hydrogen) atoms. The van der Waals surface area contributed by atoms with Crippen LogP contribution in [-0.2, 0) is 9.63 Å². The molecule has 1 radical (unpaired) electrons. The highest BCUT2D eigenvalue weighted by molar-refractivity contribution is 7.13. The second-order valence-electron chi connectivity index (χ2n) is 2.80. The maximum atomic E-state index is 10.6. The Morgan fingerprint density at radius 1 is 1.80 bits per heavy atom. The number of nitrogens with zero attached hydrogens (tertiary/aromatic N) is 2. The van der Waals surface area contributed by atoms with Crippen LogP contribution < -0.4 is 5.73 Å². The molecule has 5 nitrogen and oxygen atoms in total. The molecule has 0 saturated carbocycles. The third-order valence-corrected chi connectivity index (χ3v) is 2.28. The van der Waals surface area contributed by atoms with Crippen LogP contribution in [-0.4, -0.2) is 23.6 Å². The molecule has 1 rings (SSSR count). The molecule has 0 fully saturated rings. The van der Waals surface area contributed by atoms with Crippen LogP contribution in [0.25, 0.3) is 0 Å². The minimum atomic E-state index is 0.0547. The first-order chi connectivity index (χ1) is 7.27. The first-order valence-electron chi connectivity index (χ1n) is 4.57. The second-order valence-corrected chi connectivity index (χ2v) is 3.69. The lowest BCUT2D eigenvalue weighted by Crippen LogP contribution is -2.04. The van der Waals surface area contributed by atoms with Gasteiger partial charge in [0.1, 0.15) is 12.3 Å². The molecule has 0 aliphatic carbocycles. The predicted molar refractivity (Wildman–Crippen MR) is 59.6 cm³/mol. The van der Waals surface area contributed by atoms with Crippen molar-refractivity contribution in [1.29, 1.82) is 0 Å². The Morgan fingerprint density at radius 3 is 3.13 bits per heavy atom. The van der Waals surface area contributed by atoms with Crippen molar-refractivity contribution in [2.45, 2.75) is 19.8 Å². The van der Waals surface area contributed by atoms with Crippen molar-refractivity contribution in [1.82, 2.24) is 4.98 Å². The molecule has 0 aliphatic rings. The Balaban J connectivity index is 2.59. The van der Waals surface area contributed by atoms with Crippen molar-refractivity contribution in [2.24, 2.45) is 5.16 Å². The van der Waals surface area contributed by atoms with E-state index in [4.69, 9.17) is 10.6 Å². The van der Waals surface area contributed by atoms with Crippen molar-refractivity contribution in [3.63, 3.8) is 0 Å². The molecule has 0 spiro atoms. The van der Waals surface area contributed by atoms with Crippen molar-refractivity contribution >= 4 is 28.5 Å². The Labute approximate surface area is 91.9 Å². The number of hydrogen-bond acceptors (Lipinski definition) is 6. The van der Waals surface area contributed by atoms with Crippen LogP contribution >= 0.6 is 11.3 Å². The number of hydrogen-bond donors (Lipinski definition) is 1. The molecule has 1 aromatic heterocycles. The van der Waals surface area contributed by atoms with E-state index in [1.807, 2.05) is 6.92 Å². The number of oxime groups is 1. The number of anilines is 1. The summed E-state index contributed by atoms with van der Waals surface area (Å²) in [5, 5.41) is 5.68. The summed E-state index contributed by atoms with van der Waals surface area (Å²) in [4.78, 5) is 19.4. The summed E-state index contributed by atoms with van der Waals surface area (Å²) in [5.41, 5.74) is 5.89. The zero-order valence-electron chi connectivity index (χ0n) is 8.40. The topological polar surface area (TPSA) is 77.6 Å². The van der Waals surface area contributed by atoms with Gasteiger partial charge in [-0.05, 0) is 6.42 Å². The summed E-state index contributed by atoms with van der Waals surface area (Å²) < 4.78 is 0. The van der Waals surface area contributed by atoms with E-state index in [2.05, 4.69) is 10.1 Å². The Kier molecular flexibility index (Phi) is 4.76. The van der Waals surface area contributed by atoms with Crippen LogP contribution in [0.3, 0.4) is 0 Å². The molecule has 1 heterocycles. The van der Waals surface area contributed by atoms with Gasteiger partial charge >= 0.3 is 0 Å². The SMILES string of the molecule is CCCCO/N=C(\[C]=O)c1csc(N)n1. The molecule has 81 valence electrons. The highest BCUT2D eigenvalue weighted by Crippen LogP contribution is 2.11. The lowest BCUT2D eigenvalue weighted by Gasteiger charge is -1.97. The predicted octanol–water partition coefficient (Wildman–Crippen LogP) is 1.36. The van der Waals surface area contributed by atoms with E-state index >= 15 is 0 Å². The molecular formula is C9H12N3O2S. The van der Waals surface area contributed by atoms with Gasteiger partial charge < -0.3 is 10.6 Å². The first-order valence-corrected chi connectivity index (χ1v) is 5.45. The van der Waals surface area contributed by atoms with E-state index in [9.17, 15) is 4.79 Å². The number of nitrogens with two attached hydrogens (primary N) is 1. The lowest BCUT2D eigenvalue weighted by molar-refractivity contribution is 0.142. The van der Waals surface area contributed by atoms with Gasteiger partial charge in [0, 0.05) is 5.38 Å². The summed E-state index contributed by atoms with van der Waals surface area (Å²) in [7, 11) is 0. The molecule has 0 aliphatic heterocycles. The van der Waals surface area contributed by atoms with Crippen molar-refractivity contribution in [3.05, 3.63) is 11.1 Å². The molecular weight excluding hydrogens is 214 g/mol. The van der Waals surface area contributed by atoms with Crippen LogP contribution in [0.1, 0.15) is 25.5 Å². The van der Waals surface area contributed by atoms with Crippen LogP contribution in [0.4, 0.5) is 5.13 Å². The number of carbonyl (C=O) groups excluding carboxylic acids is 1. The fourth-order valence-corrected chi connectivity index (χ4v) is 1.38. The highest BCUT2D eigenvalue weighted by Gasteiger charge is 2.08. The van der Waals surface area contributed by atoms with Crippen LogP contribution in [0.5, 0.6) is 0 Å². The summed E-state index contributed by atoms with van der Waals surface area (Å²) in [6.45, 7) is 2.53. The summed E-state index contributed by atoms with van der Waals surface area (Å²) in [6.07, 6.45) is 3.58. The Morgan fingerprint density at radius 2 is 2.60 bits per heavy atom. The zero-order chi connectivity index (χ0) is 11.1. The summed E-state index contributed by atoms with van der Waals surface area (Å²) in [6, 6.07) is 0. The monoisotopic (exact) mass is 226 g/mol. The number of unbranched alkanes of at least 4 members (excludes halogenated alkanes) is 1. The van der Waals surface area contributed by atoms with Gasteiger partial charge in [0.2, 0.25) is 0 Å². The maximum Gasteiger partial charge on any atom is 0.259 e. The van der Waals surface area contributed by atoms with Gasteiger partial charge in [0.15, 0.2) is 10.8 Å². The smallest absolute Gasteiger partial charge is 0.259 e. The quantitative estimate of drug-likeness (QED) is 0.451. The molecule has 2 N–H and O–H groups in total. The van der Waals surface area contributed by atoms with E-state index in [1.165, 1.54) is 11.3 Å². The number of nitrogen functional groups attached to an aromatic ring is 1. The molecule has 0 amide bonds. The Bertz CT molecular complexity index is 349. The minimum Gasteiger partial charge on any atom is -0.395 e. The fourth-order valence-electron chi connectivity index (χ4n) is 0.833. The molecule has 0 bridgehead atoms. The average molecular weight is 226 g/mol. The van der Waals surface area contributed by atoms with Gasteiger partial charge in [-0.1, -0.05) is 18.5 Å². The van der Waals surface area contributed by atoms with Crippen molar-refractivity contribution < 1.29 is 9.63 Å². The van der Waals surface area contributed by atoms with Gasteiger partial charge in [-0.2, -0.15) is 0 Å². The second kappa shape index (κ2) is 6.13. The van der Waals surface area contributed by atoms with Crippen molar-refractivity contribution in [2.75, 3.05) is 12.3 Å².